The molecule has 1 atom stereocenters. The average molecular weight is 292 g/mol. The van der Waals surface area contributed by atoms with E-state index in [2.05, 4.69) is 5.32 Å². The Morgan fingerprint density at radius 1 is 1.30 bits per heavy atom. The van der Waals surface area contributed by atoms with E-state index in [-0.39, 0.29) is 17.5 Å². The van der Waals surface area contributed by atoms with Gasteiger partial charge in [-0.1, -0.05) is 18.2 Å². The summed E-state index contributed by atoms with van der Waals surface area (Å²) in [5.41, 5.74) is 0.0798. The summed E-state index contributed by atoms with van der Waals surface area (Å²) < 4.78 is 13.5. The SMILES string of the molecule is CN(C)C(CNC(=O)c1ccccc1F)c1cccs1. The maximum Gasteiger partial charge on any atom is 0.254 e. The van der Waals surface area contributed by atoms with E-state index in [1.165, 1.54) is 17.0 Å². The summed E-state index contributed by atoms with van der Waals surface area (Å²) in [5.74, 6) is -0.881. The van der Waals surface area contributed by atoms with Crippen LogP contribution in [0.3, 0.4) is 0 Å². The molecule has 2 aromatic rings. The Morgan fingerprint density at radius 3 is 2.65 bits per heavy atom. The summed E-state index contributed by atoms with van der Waals surface area (Å²) in [5, 5.41) is 4.80. The van der Waals surface area contributed by atoms with Gasteiger partial charge in [0.1, 0.15) is 5.82 Å². The Hall–Kier alpha value is -1.72. The molecule has 0 saturated carbocycles. The number of hydrogen-bond acceptors (Lipinski definition) is 3. The minimum absolute atomic E-state index is 0.0798. The molecule has 0 radical (unpaired) electrons. The molecule has 0 spiro atoms. The maximum absolute atomic E-state index is 13.5. The first-order chi connectivity index (χ1) is 9.59. The zero-order chi connectivity index (χ0) is 14.5. The monoisotopic (exact) mass is 292 g/mol. The van der Waals surface area contributed by atoms with Gasteiger partial charge in [0.05, 0.1) is 11.6 Å². The number of amides is 1. The highest BCUT2D eigenvalue weighted by molar-refractivity contribution is 7.10. The fourth-order valence-electron chi connectivity index (χ4n) is 1.95. The van der Waals surface area contributed by atoms with Crippen molar-refractivity contribution in [3.8, 4) is 0 Å². The highest BCUT2D eigenvalue weighted by atomic mass is 32.1. The van der Waals surface area contributed by atoms with Crippen molar-refractivity contribution in [3.63, 3.8) is 0 Å². The molecule has 1 amide bonds. The van der Waals surface area contributed by atoms with E-state index in [9.17, 15) is 9.18 Å². The molecule has 106 valence electrons. The van der Waals surface area contributed by atoms with E-state index in [1.54, 1.807) is 23.5 Å². The van der Waals surface area contributed by atoms with Crippen molar-refractivity contribution in [3.05, 3.63) is 58.0 Å². The molecule has 0 aliphatic heterocycles. The molecular weight excluding hydrogens is 275 g/mol. The second-order valence-electron chi connectivity index (χ2n) is 4.68. The van der Waals surface area contributed by atoms with Gasteiger partial charge in [-0.2, -0.15) is 0 Å². The maximum atomic E-state index is 13.5. The molecule has 3 nitrogen and oxygen atoms in total. The summed E-state index contributed by atoms with van der Waals surface area (Å²) in [7, 11) is 3.92. The molecule has 0 fully saturated rings. The van der Waals surface area contributed by atoms with Gasteiger partial charge >= 0.3 is 0 Å². The quantitative estimate of drug-likeness (QED) is 0.919. The van der Waals surface area contributed by atoms with Crippen LogP contribution in [-0.4, -0.2) is 31.4 Å². The van der Waals surface area contributed by atoms with Gasteiger partial charge in [-0.15, -0.1) is 11.3 Å². The Morgan fingerprint density at radius 2 is 2.05 bits per heavy atom. The number of carbonyl (C=O) groups excluding carboxylic acids is 1. The van der Waals surface area contributed by atoms with Gasteiger partial charge in [0.2, 0.25) is 0 Å². The number of nitrogens with one attached hydrogen (secondary N) is 1. The molecule has 1 aromatic heterocycles. The third kappa shape index (κ3) is 3.43. The lowest BCUT2D eigenvalue weighted by molar-refractivity contribution is 0.0938. The number of nitrogens with zero attached hydrogens (tertiary/aromatic N) is 1. The van der Waals surface area contributed by atoms with Gasteiger partial charge in [0, 0.05) is 11.4 Å². The molecule has 1 aromatic carbocycles. The molecule has 5 heteroatoms. The molecular formula is C15H17FN2OS. The van der Waals surface area contributed by atoms with E-state index in [0.717, 1.165) is 0 Å². The zero-order valence-corrected chi connectivity index (χ0v) is 12.3. The van der Waals surface area contributed by atoms with Crippen LogP contribution in [0.1, 0.15) is 21.3 Å². The van der Waals surface area contributed by atoms with Crippen molar-refractivity contribution in [2.75, 3.05) is 20.6 Å². The summed E-state index contributed by atoms with van der Waals surface area (Å²) in [6.07, 6.45) is 0. The summed E-state index contributed by atoms with van der Waals surface area (Å²) in [4.78, 5) is 15.2. The van der Waals surface area contributed by atoms with Crippen LogP contribution in [-0.2, 0) is 0 Å². The van der Waals surface area contributed by atoms with E-state index in [0.29, 0.717) is 6.54 Å². The van der Waals surface area contributed by atoms with Gasteiger partial charge in [-0.25, -0.2) is 4.39 Å². The topological polar surface area (TPSA) is 32.3 Å². The van der Waals surface area contributed by atoms with Crippen LogP contribution in [0.25, 0.3) is 0 Å². The third-order valence-electron chi connectivity index (χ3n) is 3.07. The summed E-state index contributed by atoms with van der Waals surface area (Å²) in [6, 6.07) is 10.1. The first-order valence-electron chi connectivity index (χ1n) is 6.32. The largest absolute Gasteiger partial charge is 0.350 e. The molecule has 20 heavy (non-hydrogen) atoms. The van der Waals surface area contributed by atoms with Crippen LogP contribution >= 0.6 is 11.3 Å². The Balaban J connectivity index is 2.03. The minimum atomic E-state index is -0.498. The molecule has 1 unspecified atom stereocenters. The zero-order valence-electron chi connectivity index (χ0n) is 11.5. The van der Waals surface area contributed by atoms with Crippen molar-refractivity contribution in [1.82, 2.24) is 10.2 Å². The summed E-state index contributed by atoms with van der Waals surface area (Å²) >= 11 is 1.64. The van der Waals surface area contributed by atoms with Crippen molar-refractivity contribution < 1.29 is 9.18 Å². The number of halogens is 1. The van der Waals surface area contributed by atoms with Crippen LogP contribution in [0.2, 0.25) is 0 Å². The van der Waals surface area contributed by atoms with Gasteiger partial charge in [0.15, 0.2) is 0 Å². The van der Waals surface area contributed by atoms with Crippen molar-refractivity contribution in [2.45, 2.75) is 6.04 Å². The first-order valence-corrected chi connectivity index (χ1v) is 7.20. The van der Waals surface area contributed by atoms with Gasteiger partial charge in [0.25, 0.3) is 5.91 Å². The highest BCUT2D eigenvalue weighted by Crippen LogP contribution is 2.22. The highest BCUT2D eigenvalue weighted by Gasteiger charge is 2.17. The van der Waals surface area contributed by atoms with Crippen molar-refractivity contribution >= 4 is 17.2 Å². The predicted molar refractivity (Wildman–Crippen MR) is 79.5 cm³/mol. The normalized spacial score (nSPS) is 12.4. The predicted octanol–water partition coefficient (Wildman–Crippen LogP) is 2.92. The van der Waals surface area contributed by atoms with E-state index in [4.69, 9.17) is 0 Å². The lowest BCUT2D eigenvalue weighted by Gasteiger charge is -2.23. The Kier molecular flexibility index (Phi) is 4.87. The van der Waals surface area contributed by atoms with Gasteiger partial charge in [-0.3, -0.25) is 4.79 Å². The van der Waals surface area contributed by atoms with Crippen LogP contribution < -0.4 is 5.32 Å². The standard InChI is InChI=1S/C15H17FN2OS/c1-18(2)13(14-8-5-9-20-14)10-17-15(19)11-6-3-4-7-12(11)16/h3-9,13H,10H2,1-2H3,(H,17,19). The Labute approximate surface area is 122 Å². The van der Waals surface area contributed by atoms with Crippen molar-refractivity contribution in [1.29, 1.82) is 0 Å². The molecule has 0 bridgehead atoms. The molecule has 0 saturated heterocycles. The molecule has 1 heterocycles. The number of likely N-dealkylation sites (N-methyl/N-ethyl adjacent to an activating group) is 1. The number of hydrogen-bond donors (Lipinski definition) is 1. The lowest BCUT2D eigenvalue weighted by Crippen LogP contribution is -2.34. The average Bonchev–Trinajstić information content (AvgIpc) is 2.92. The Bertz CT molecular complexity index is 569. The third-order valence-corrected chi connectivity index (χ3v) is 4.04. The number of benzene rings is 1. The molecule has 1 N–H and O–H groups in total. The van der Waals surface area contributed by atoms with Gasteiger partial charge in [-0.05, 0) is 37.7 Å². The van der Waals surface area contributed by atoms with Crippen LogP contribution in [0, 0.1) is 5.82 Å². The fraction of sp³-hybridized carbons (Fsp3) is 0.267. The van der Waals surface area contributed by atoms with Crippen LogP contribution in [0.5, 0.6) is 0 Å². The van der Waals surface area contributed by atoms with Crippen LogP contribution in [0.4, 0.5) is 4.39 Å². The lowest BCUT2D eigenvalue weighted by atomic mass is 10.2. The smallest absolute Gasteiger partial charge is 0.254 e. The second-order valence-corrected chi connectivity index (χ2v) is 5.66. The molecule has 2 rings (SSSR count). The number of carbonyl (C=O) groups is 1. The first kappa shape index (κ1) is 14.7. The van der Waals surface area contributed by atoms with Crippen molar-refractivity contribution in [2.24, 2.45) is 0 Å². The van der Waals surface area contributed by atoms with E-state index < -0.39 is 5.82 Å². The molecule has 0 aliphatic carbocycles. The second kappa shape index (κ2) is 6.63. The van der Waals surface area contributed by atoms with E-state index in [1.807, 2.05) is 36.5 Å². The number of thiophene rings is 1. The minimum Gasteiger partial charge on any atom is -0.350 e. The molecule has 0 aliphatic rings. The fourth-order valence-corrected chi connectivity index (χ4v) is 2.87. The van der Waals surface area contributed by atoms with Crippen LogP contribution in [0.15, 0.2) is 41.8 Å². The van der Waals surface area contributed by atoms with E-state index >= 15 is 0 Å². The summed E-state index contributed by atoms with van der Waals surface area (Å²) in [6.45, 7) is 0.445. The number of rotatable bonds is 5. The van der Waals surface area contributed by atoms with Gasteiger partial charge < -0.3 is 10.2 Å².